The highest BCUT2D eigenvalue weighted by molar-refractivity contribution is 5.78. The molecule has 0 radical (unpaired) electrons. The summed E-state index contributed by atoms with van der Waals surface area (Å²) in [6.45, 7) is 7.85. The molecule has 2 rings (SSSR count). The predicted octanol–water partition coefficient (Wildman–Crippen LogP) is 2.70. The number of rotatable bonds is 3. The molecular formula is C15H28N2O. The molecule has 0 aromatic rings. The Balaban J connectivity index is 2.20. The first-order valence-electron chi connectivity index (χ1n) is 7.60. The summed E-state index contributed by atoms with van der Waals surface area (Å²) in [4.78, 5) is 14.7. The van der Waals surface area contributed by atoms with Crippen molar-refractivity contribution < 1.29 is 4.79 Å². The Morgan fingerprint density at radius 2 is 2.06 bits per heavy atom. The topological polar surface area (TPSA) is 32.3 Å². The third-order valence-electron chi connectivity index (χ3n) is 4.60. The van der Waals surface area contributed by atoms with Gasteiger partial charge >= 0.3 is 0 Å². The number of carbonyl (C=O) groups is 1. The lowest BCUT2D eigenvalue weighted by Crippen LogP contribution is -2.55. The average Bonchev–Trinajstić information content (AvgIpc) is 2.39. The fourth-order valence-electron chi connectivity index (χ4n) is 3.65. The normalized spacial score (nSPS) is 32.5. The van der Waals surface area contributed by atoms with Crippen molar-refractivity contribution >= 4 is 5.91 Å². The molecule has 0 aromatic heterocycles. The Morgan fingerprint density at radius 3 is 2.78 bits per heavy atom. The Kier molecular flexibility index (Phi) is 4.31. The van der Waals surface area contributed by atoms with Crippen molar-refractivity contribution in [3.63, 3.8) is 0 Å². The highest BCUT2D eigenvalue weighted by Crippen LogP contribution is 2.33. The monoisotopic (exact) mass is 252 g/mol. The summed E-state index contributed by atoms with van der Waals surface area (Å²) < 4.78 is 0. The maximum atomic E-state index is 12.0. The first-order valence-corrected chi connectivity index (χ1v) is 7.60. The molecule has 2 fully saturated rings. The molecular weight excluding hydrogens is 224 g/mol. The minimum atomic E-state index is 0.00993. The van der Waals surface area contributed by atoms with E-state index in [0.717, 1.165) is 13.0 Å². The lowest BCUT2D eigenvalue weighted by molar-refractivity contribution is -0.122. The molecule has 1 aliphatic carbocycles. The van der Waals surface area contributed by atoms with Crippen LogP contribution in [-0.4, -0.2) is 35.0 Å². The molecule has 1 N–H and O–H groups in total. The number of nitrogens with zero attached hydrogens (tertiary/aromatic N) is 1. The summed E-state index contributed by atoms with van der Waals surface area (Å²) in [5, 5.41) is 3.26. The van der Waals surface area contributed by atoms with Gasteiger partial charge in [0.2, 0.25) is 5.91 Å². The van der Waals surface area contributed by atoms with Crippen LogP contribution in [0.15, 0.2) is 0 Å². The second-order valence-electron chi connectivity index (χ2n) is 6.56. The van der Waals surface area contributed by atoms with Crippen molar-refractivity contribution in [3.05, 3.63) is 0 Å². The highest BCUT2D eigenvalue weighted by Gasteiger charge is 2.42. The van der Waals surface area contributed by atoms with Crippen LogP contribution in [0.2, 0.25) is 0 Å². The van der Waals surface area contributed by atoms with E-state index in [1.165, 1.54) is 32.1 Å². The van der Waals surface area contributed by atoms with Gasteiger partial charge in [0.15, 0.2) is 0 Å². The number of amides is 1. The summed E-state index contributed by atoms with van der Waals surface area (Å²) in [6, 6.07) is 0.955. The van der Waals surface area contributed by atoms with Crippen LogP contribution in [0.5, 0.6) is 0 Å². The van der Waals surface area contributed by atoms with Gasteiger partial charge in [-0.05, 0) is 39.7 Å². The maximum absolute atomic E-state index is 12.0. The van der Waals surface area contributed by atoms with Crippen LogP contribution >= 0.6 is 0 Å². The van der Waals surface area contributed by atoms with E-state index in [2.05, 4.69) is 31.0 Å². The lowest BCUT2D eigenvalue weighted by atomic mass is 9.87. The van der Waals surface area contributed by atoms with Crippen molar-refractivity contribution in [2.75, 3.05) is 6.54 Å². The Morgan fingerprint density at radius 1 is 1.33 bits per heavy atom. The summed E-state index contributed by atoms with van der Waals surface area (Å²) in [6.07, 6.45) is 8.10. The SMILES string of the molecule is CCCCN1C2CCCCC2NC(=O)CC1(C)C. The van der Waals surface area contributed by atoms with Gasteiger partial charge in [-0.2, -0.15) is 0 Å². The summed E-state index contributed by atoms with van der Waals surface area (Å²) in [5.74, 6) is 0.246. The van der Waals surface area contributed by atoms with E-state index in [4.69, 9.17) is 0 Å². The molecule has 0 bridgehead atoms. The summed E-state index contributed by atoms with van der Waals surface area (Å²) >= 11 is 0. The van der Waals surface area contributed by atoms with Gasteiger partial charge in [0, 0.05) is 24.0 Å². The first-order chi connectivity index (χ1) is 8.54. The zero-order valence-corrected chi connectivity index (χ0v) is 12.2. The van der Waals surface area contributed by atoms with E-state index < -0.39 is 0 Å². The molecule has 1 saturated heterocycles. The van der Waals surface area contributed by atoms with Gasteiger partial charge in [0.1, 0.15) is 0 Å². The van der Waals surface area contributed by atoms with Gasteiger partial charge in [-0.1, -0.05) is 26.2 Å². The molecule has 2 aliphatic rings. The van der Waals surface area contributed by atoms with Crippen molar-refractivity contribution in [2.45, 2.75) is 83.3 Å². The minimum absolute atomic E-state index is 0.00993. The van der Waals surface area contributed by atoms with Gasteiger partial charge in [-0.15, -0.1) is 0 Å². The number of carbonyl (C=O) groups excluding carboxylic acids is 1. The van der Waals surface area contributed by atoms with Gasteiger partial charge in [-0.3, -0.25) is 9.69 Å². The molecule has 0 spiro atoms. The molecule has 1 amide bonds. The molecule has 1 saturated carbocycles. The molecule has 0 aromatic carbocycles. The van der Waals surface area contributed by atoms with E-state index in [-0.39, 0.29) is 11.4 Å². The molecule has 104 valence electrons. The van der Waals surface area contributed by atoms with E-state index in [0.29, 0.717) is 18.5 Å². The molecule has 3 heteroatoms. The summed E-state index contributed by atoms with van der Waals surface area (Å²) in [5.41, 5.74) is 0.00993. The van der Waals surface area contributed by atoms with Crippen LogP contribution in [0.25, 0.3) is 0 Å². The Hall–Kier alpha value is -0.570. The van der Waals surface area contributed by atoms with E-state index in [1.807, 2.05) is 0 Å². The summed E-state index contributed by atoms with van der Waals surface area (Å²) in [7, 11) is 0. The van der Waals surface area contributed by atoms with Gasteiger partial charge < -0.3 is 5.32 Å². The largest absolute Gasteiger partial charge is 0.352 e. The minimum Gasteiger partial charge on any atom is -0.352 e. The Bertz CT molecular complexity index is 301. The van der Waals surface area contributed by atoms with Crippen LogP contribution in [0.4, 0.5) is 0 Å². The van der Waals surface area contributed by atoms with Crippen molar-refractivity contribution in [3.8, 4) is 0 Å². The number of unbranched alkanes of at least 4 members (excludes halogenated alkanes) is 1. The van der Waals surface area contributed by atoms with Crippen LogP contribution < -0.4 is 5.32 Å². The second-order valence-corrected chi connectivity index (χ2v) is 6.56. The second kappa shape index (κ2) is 5.60. The number of nitrogens with one attached hydrogen (secondary N) is 1. The van der Waals surface area contributed by atoms with Crippen LogP contribution in [0.3, 0.4) is 0 Å². The van der Waals surface area contributed by atoms with Crippen molar-refractivity contribution in [1.82, 2.24) is 10.2 Å². The van der Waals surface area contributed by atoms with Crippen molar-refractivity contribution in [1.29, 1.82) is 0 Å². The molecule has 2 atom stereocenters. The smallest absolute Gasteiger partial charge is 0.222 e. The van der Waals surface area contributed by atoms with Crippen molar-refractivity contribution in [2.24, 2.45) is 0 Å². The number of hydrogen-bond acceptors (Lipinski definition) is 2. The molecule has 2 unspecified atom stereocenters. The van der Waals surface area contributed by atoms with Gasteiger partial charge in [0.25, 0.3) is 0 Å². The predicted molar refractivity (Wildman–Crippen MR) is 74.5 cm³/mol. The fraction of sp³-hybridized carbons (Fsp3) is 0.933. The van der Waals surface area contributed by atoms with Crippen LogP contribution in [0.1, 0.15) is 65.7 Å². The zero-order valence-electron chi connectivity index (χ0n) is 12.2. The van der Waals surface area contributed by atoms with E-state index >= 15 is 0 Å². The van der Waals surface area contributed by atoms with Crippen LogP contribution in [-0.2, 0) is 4.79 Å². The van der Waals surface area contributed by atoms with E-state index in [1.54, 1.807) is 0 Å². The van der Waals surface area contributed by atoms with Gasteiger partial charge in [-0.25, -0.2) is 0 Å². The first kappa shape index (κ1) is 13.9. The molecule has 18 heavy (non-hydrogen) atoms. The number of hydrogen-bond donors (Lipinski definition) is 1. The highest BCUT2D eigenvalue weighted by atomic mass is 16.1. The van der Waals surface area contributed by atoms with E-state index in [9.17, 15) is 4.79 Å². The zero-order chi connectivity index (χ0) is 13.2. The third kappa shape index (κ3) is 2.87. The standard InChI is InChI=1S/C15H28N2O/c1-4-5-10-17-13-9-7-6-8-12(13)16-14(18)11-15(17,2)3/h12-13H,4-11H2,1-3H3,(H,16,18). The quantitative estimate of drug-likeness (QED) is 0.837. The Labute approximate surface area is 111 Å². The maximum Gasteiger partial charge on any atom is 0.222 e. The lowest BCUT2D eigenvalue weighted by Gasteiger charge is -2.45. The molecule has 3 nitrogen and oxygen atoms in total. The van der Waals surface area contributed by atoms with Gasteiger partial charge in [0.05, 0.1) is 0 Å². The number of fused-ring (bicyclic) bond motifs is 1. The molecule has 1 aliphatic heterocycles. The van der Waals surface area contributed by atoms with Crippen LogP contribution in [0, 0.1) is 0 Å². The third-order valence-corrected chi connectivity index (χ3v) is 4.60. The molecule has 1 heterocycles. The average molecular weight is 252 g/mol. The fourth-order valence-corrected chi connectivity index (χ4v) is 3.65.